The summed E-state index contributed by atoms with van der Waals surface area (Å²) in [5.41, 5.74) is 2.84. The number of allylic oxidation sites excluding steroid dienone is 1. The van der Waals surface area contributed by atoms with Crippen molar-refractivity contribution >= 4 is 13.9 Å². The molecule has 1 aromatic carbocycles. The minimum Gasteiger partial charge on any atom is -0.289 e. The number of rotatable bonds is 3. The first-order valence-electron chi connectivity index (χ1n) is 4.78. The van der Waals surface area contributed by atoms with Gasteiger partial charge in [0.25, 0.3) is 0 Å². The van der Waals surface area contributed by atoms with E-state index >= 15 is 0 Å². The highest BCUT2D eigenvalue weighted by molar-refractivity contribution is 6.81. The highest BCUT2D eigenvalue weighted by atomic mass is 28.3. The van der Waals surface area contributed by atoms with E-state index in [1.165, 1.54) is 0 Å². The van der Waals surface area contributed by atoms with E-state index in [2.05, 4.69) is 25.3 Å². The Labute approximate surface area is 86.5 Å². The third kappa shape index (κ3) is 3.71. The van der Waals surface area contributed by atoms with Crippen LogP contribution in [0.2, 0.25) is 19.6 Å². The van der Waals surface area contributed by atoms with Gasteiger partial charge in [0.2, 0.25) is 0 Å². The molecule has 74 valence electrons. The SMILES string of the molecule is C[Si](C)(C)/C=C\C(=O)c1ccccc1. The second-order valence-corrected chi connectivity index (χ2v) is 9.50. The van der Waals surface area contributed by atoms with Crippen molar-refractivity contribution in [3.05, 3.63) is 47.7 Å². The molecule has 0 amide bonds. The van der Waals surface area contributed by atoms with Crippen LogP contribution >= 0.6 is 0 Å². The van der Waals surface area contributed by atoms with Gasteiger partial charge in [-0.15, -0.1) is 0 Å². The Morgan fingerprint density at radius 2 is 1.71 bits per heavy atom. The van der Waals surface area contributed by atoms with E-state index in [0.29, 0.717) is 0 Å². The van der Waals surface area contributed by atoms with Crippen LogP contribution in [-0.4, -0.2) is 13.9 Å². The third-order valence-electron chi connectivity index (χ3n) is 1.79. The van der Waals surface area contributed by atoms with E-state index in [1.807, 2.05) is 30.3 Å². The zero-order valence-electron chi connectivity index (χ0n) is 8.95. The number of hydrogen-bond acceptors (Lipinski definition) is 1. The molecule has 0 aromatic heterocycles. The van der Waals surface area contributed by atoms with Crippen LogP contribution in [0.4, 0.5) is 0 Å². The fraction of sp³-hybridized carbons (Fsp3) is 0.250. The first-order valence-corrected chi connectivity index (χ1v) is 8.35. The van der Waals surface area contributed by atoms with Gasteiger partial charge in [-0.05, 0) is 6.08 Å². The van der Waals surface area contributed by atoms with Crippen LogP contribution in [0.5, 0.6) is 0 Å². The first kappa shape index (κ1) is 10.9. The number of hydrogen-bond donors (Lipinski definition) is 0. The second kappa shape index (κ2) is 4.38. The van der Waals surface area contributed by atoms with Crippen LogP contribution < -0.4 is 0 Å². The van der Waals surface area contributed by atoms with Gasteiger partial charge in [0.1, 0.15) is 0 Å². The average Bonchev–Trinajstić information content (AvgIpc) is 2.14. The van der Waals surface area contributed by atoms with Crippen molar-refractivity contribution < 1.29 is 4.79 Å². The van der Waals surface area contributed by atoms with Crippen molar-refractivity contribution in [3.63, 3.8) is 0 Å². The Hall–Kier alpha value is -1.15. The Kier molecular flexibility index (Phi) is 3.41. The monoisotopic (exact) mass is 204 g/mol. The second-order valence-electron chi connectivity index (χ2n) is 4.43. The predicted molar refractivity (Wildman–Crippen MR) is 63.3 cm³/mol. The molecule has 1 rings (SSSR count). The van der Waals surface area contributed by atoms with Crippen LogP contribution in [0.1, 0.15) is 10.4 Å². The summed E-state index contributed by atoms with van der Waals surface area (Å²) in [6, 6.07) is 9.37. The molecule has 0 heterocycles. The molecule has 0 unspecified atom stereocenters. The van der Waals surface area contributed by atoms with E-state index in [9.17, 15) is 4.79 Å². The van der Waals surface area contributed by atoms with Crippen molar-refractivity contribution in [2.24, 2.45) is 0 Å². The van der Waals surface area contributed by atoms with Gasteiger partial charge in [0.15, 0.2) is 5.78 Å². The lowest BCUT2D eigenvalue weighted by atomic mass is 10.1. The lowest BCUT2D eigenvalue weighted by molar-refractivity contribution is 0.104. The molecule has 0 saturated carbocycles. The van der Waals surface area contributed by atoms with Crippen LogP contribution in [0.15, 0.2) is 42.1 Å². The first-order chi connectivity index (χ1) is 6.49. The molecule has 0 aliphatic carbocycles. The lowest BCUT2D eigenvalue weighted by Crippen LogP contribution is -2.16. The Morgan fingerprint density at radius 1 is 1.14 bits per heavy atom. The molecule has 0 N–H and O–H groups in total. The van der Waals surface area contributed by atoms with Gasteiger partial charge in [0.05, 0.1) is 8.07 Å². The summed E-state index contributed by atoms with van der Waals surface area (Å²) in [4.78, 5) is 11.6. The highest BCUT2D eigenvalue weighted by Crippen LogP contribution is 2.05. The molecule has 0 radical (unpaired) electrons. The number of ketones is 1. The minimum absolute atomic E-state index is 0.105. The standard InChI is InChI=1S/C12H16OSi/c1-14(2,3)10-9-12(13)11-7-5-4-6-8-11/h4-10H,1-3H3/b10-9-. The quantitative estimate of drug-likeness (QED) is 0.419. The number of benzene rings is 1. The van der Waals surface area contributed by atoms with E-state index in [1.54, 1.807) is 6.08 Å². The molecule has 0 atom stereocenters. The summed E-state index contributed by atoms with van der Waals surface area (Å²) in [5.74, 6) is 0.105. The van der Waals surface area contributed by atoms with Gasteiger partial charge < -0.3 is 0 Å². The van der Waals surface area contributed by atoms with Crippen LogP contribution in [0.25, 0.3) is 0 Å². The number of carbonyl (C=O) groups is 1. The number of carbonyl (C=O) groups excluding carboxylic acids is 1. The molecular formula is C12H16OSi. The van der Waals surface area contributed by atoms with Crippen LogP contribution in [-0.2, 0) is 0 Å². The van der Waals surface area contributed by atoms with Crippen molar-refractivity contribution in [1.29, 1.82) is 0 Å². The summed E-state index contributed by atoms with van der Waals surface area (Å²) < 4.78 is 0. The van der Waals surface area contributed by atoms with Gasteiger partial charge in [-0.3, -0.25) is 4.79 Å². The average molecular weight is 204 g/mol. The highest BCUT2D eigenvalue weighted by Gasteiger charge is 2.08. The van der Waals surface area contributed by atoms with Crippen molar-refractivity contribution in [2.75, 3.05) is 0 Å². The summed E-state index contributed by atoms with van der Waals surface area (Å²) in [6.07, 6.45) is 1.71. The van der Waals surface area contributed by atoms with E-state index in [-0.39, 0.29) is 5.78 Å². The van der Waals surface area contributed by atoms with Gasteiger partial charge in [-0.25, -0.2) is 0 Å². The normalized spacial score (nSPS) is 11.9. The van der Waals surface area contributed by atoms with Gasteiger partial charge in [-0.1, -0.05) is 55.7 Å². The van der Waals surface area contributed by atoms with Gasteiger partial charge in [0, 0.05) is 5.56 Å². The zero-order valence-corrected chi connectivity index (χ0v) is 9.95. The Morgan fingerprint density at radius 3 is 2.21 bits per heavy atom. The molecule has 2 heteroatoms. The Balaban J connectivity index is 2.74. The molecule has 0 saturated heterocycles. The van der Waals surface area contributed by atoms with Crippen molar-refractivity contribution in [2.45, 2.75) is 19.6 Å². The molecule has 0 aliphatic heterocycles. The molecule has 14 heavy (non-hydrogen) atoms. The maximum atomic E-state index is 11.6. The van der Waals surface area contributed by atoms with Crippen LogP contribution in [0, 0.1) is 0 Å². The van der Waals surface area contributed by atoms with Crippen molar-refractivity contribution in [3.8, 4) is 0 Å². The molecule has 1 aromatic rings. The Bertz CT molecular complexity index is 333. The molecular weight excluding hydrogens is 188 g/mol. The van der Waals surface area contributed by atoms with Crippen molar-refractivity contribution in [1.82, 2.24) is 0 Å². The molecule has 0 aliphatic rings. The smallest absolute Gasteiger partial charge is 0.185 e. The van der Waals surface area contributed by atoms with Gasteiger partial charge in [-0.2, -0.15) is 0 Å². The molecule has 0 fully saturated rings. The fourth-order valence-corrected chi connectivity index (χ4v) is 1.68. The summed E-state index contributed by atoms with van der Waals surface area (Å²) in [7, 11) is -1.25. The largest absolute Gasteiger partial charge is 0.289 e. The minimum atomic E-state index is -1.25. The summed E-state index contributed by atoms with van der Waals surface area (Å²) in [5, 5.41) is 0. The molecule has 0 bridgehead atoms. The third-order valence-corrected chi connectivity index (χ3v) is 2.96. The fourth-order valence-electron chi connectivity index (χ4n) is 1.02. The van der Waals surface area contributed by atoms with Crippen LogP contribution in [0.3, 0.4) is 0 Å². The lowest BCUT2D eigenvalue weighted by Gasteiger charge is -2.07. The zero-order chi connectivity index (χ0) is 10.6. The summed E-state index contributed by atoms with van der Waals surface area (Å²) >= 11 is 0. The maximum absolute atomic E-state index is 11.6. The van der Waals surface area contributed by atoms with Gasteiger partial charge >= 0.3 is 0 Å². The molecule has 1 nitrogen and oxygen atoms in total. The summed E-state index contributed by atoms with van der Waals surface area (Å²) in [6.45, 7) is 6.63. The molecule has 0 spiro atoms. The van der Waals surface area contributed by atoms with E-state index < -0.39 is 8.07 Å². The topological polar surface area (TPSA) is 17.1 Å². The predicted octanol–water partition coefficient (Wildman–Crippen LogP) is 3.30. The van der Waals surface area contributed by atoms with E-state index in [0.717, 1.165) is 5.56 Å². The maximum Gasteiger partial charge on any atom is 0.185 e. The van der Waals surface area contributed by atoms with E-state index in [4.69, 9.17) is 0 Å².